The summed E-state index contributed by atoms with van der Waals surface area (Å²) in [4.78, 5) is 22.7. The standard InChI is InChI=1S/C10H18O4.C6H13N/c11-9(12)7-5-3-1-2-4-6-8-10(13)14;1-7-5-3-2-4-6-7/h1-8H2,(H,11,12)(H,13,14);2-6H2,1H3. The Morgan fingerprint density at radius 3 is 1.43 bits per heavy atom. The van der Waals surface area contributed by atoms with E-state index in [1.54, 1.807) is 0 Å². The second-order valence-corrected chi connectivity index (χ2v) is 5.77. The first-order chi connectivity index (χ1) is 10.0. The molecule has 0 aromatic heterocycles. The molecule has 21 heavy (non-hydrogen) atoms. The Labute approximate surface area is 128 Å². The van der Waals surface area contributed by atoms with Gasteiger partial charge in [-0.25, -0.2) is 0 Å². The lowest BCUT2D eigenvalue weighted by Crippen LogP contribution is -2.24. The molecule has 0 amide bonds. The Kier molecular flexibility index (Phi) is 13.1. The minimum Gasteiger partial charge on any atom is -0.481 e. The molecule has 1 aliphatic rings. The number of aliphatic carboxylic acids is 2. The Morgan fingerprint density at radius 2 is 1.14 bits per heavy atom. The Hall–Kier alpha value is -1.10. The lowest BCUT2D eigenvalue weighted by Gasteiger charge is -2.20. The van der Waals surface area contributed by atoms with E-state index >= 15 is 0 Å². The van der Waals surface area contributed by atoms with Gasteiger partial charge in [0.15, 0.2) is 0 Å². The second-order valence-electron chi connectivity index (χ2n) is 5.77. The van der Waals surface area contributed by atoms with Crippen molar-refractivity contribution >= 4 is 11.9 Å². The fourth-order valence-electron chi connectivity index (χ4n) is 2.31. The normalized spacial score (nSPS) is 15.1. The van der Waals surface area contributed by atoms with Crippen LogP contribution in [0.5, 0.6) is 0 Å². The molecule has 5 nitrogen and oxygen atoms in total. The highest BCUT2D eigenvalue weighted by Crippen LogP contribution is 2.08. The van der Waals surface area contributed by atoms with Crippen LogP contribution in [0, 0.1) is 0 Å². The molecule has 124 valence electrons. The van der Waals surface area contributed by atoms with Gasteiger partial charge in [0.05, 0.1) is 0 Å². The number of hydrogen-bond acceptors (Lipinski definition) is 3. The monoisotopic (exact) mass is 301 g/mol. The average Bonchev–Trinajstić information content (AvgIpc) is 2.43. The highest BCUT2D eigenvalue weighted by atomic mass is 16.4. The summed E-state index contributed by atoms with van der Waals surface area (Å²) in [5.41, 5.74) is 0. The third-order valence-corrected chi connectivity index (χ3v) is 3.61. The van der Waals surface area contributed by atoms with Gasteiger partial charge in [0, 0.05) is 12.8 Å². The largest absolute Gasteiger partial charge is 0.481 e. The first-order valence-electron chi connectivity index (χ1n) is 8.14. The van der Waals surface area contributed by atoms with Crippen molar-refractivity contribution in [3.63, 3.8) is 0 Å². The van der Waals surface area contributed by atoms with E-state index < -0.39 is 11.9 Å². The summed E-state index contributed by atoms with van der Waals surface area (Å²) in [6, 6.07) is 0. The van der Waals surface area contributed by atoms with E-state index in [4.69, 9.17) is 10.2 Å². The Bertz CT molecular complexity index is 255. The van der Waals surface area contributed by atoms with Crippen LogP contribution in [0.1, 0.15) is 70.6 Å². The minimum atomic E-state index is -0.740. The van der Waals surface area contributed by atoms with E-state index in [0.717, 1.165) is 38.5 Å². The molecule has 0 aromatic rings. The van der Waals surface area contributed by atoms with E-state index in [2.05, 4.69) is 11.9 Å². The topological polar surface area (TPSA) is 77.8 Å². The van der Waals surface area contributed by atoms with Crippen molar-refractivity contribution in [3.05, 3.63) is 0 Å². The van der Waals surface area contributed by atoms with Crippen LogP contribution >= 0.6 is 0 Å². The molecular weight excluding hydrogens is 270 g/mol. The molecule has 0 saturated carbocycles. The number of carbonyl (C=O) groups is 2. The molecule has 2 N–H and O–H groups in total. The van der Waals surface area contributed by atoms with Crippen molar-refractivity contribution in [2.24, 2.45) is 0 Å². The van der Waals surface area contributed by atoms with Crippen LogP contribution < -0.4 is 0 Å². The predicted molar refractivity (Wildman–Crippen MR) is 83.6 cm³/mol. The van der Waals surface area contributed by atoms with E-state index in [1.165, 1.54) is 32.4 Å². The zero-order valence-corrected chi connectivity index (χ0v) is 13.4. The number of piperidine rings is 1. The summed E-state index contributed by atoms with van der Waals surface area (Å²) in [5, 5.41) is 16.7. The van der Waals surface area contributed by atoms with Gasteiger partial charge in [-0.3, -0.25) is 9.59 Å². The minimum absolute atomic E-state index is 0.245. The molecule has 1 heterocycles. The summed E-state index contributed by atoms with van der Waals surface area (Å²) in [5.74, 6) is -1.48. The molecule has 0 unspecified atom stereocenters. The third-order valence-electron chi connectivity index (χ3n) is 3.61. The SMILES string of the molecule is CN1CCCCC1.O=C(O)CCCCCCCCC(=O)O. The summed E-state index contributed by atoms with van der Waals surface area (Å²) in [6.07, 6.45) is 10.1. The van der Waals surface area contributed by atoms with Gasteiger partial charge in [-0.05, 0) is 45.8 Å². The number of likely N-dealkylation sites (tertiary alicyclic amines) is 1. The van der Waals surface area contributed by atoms with Gasteiger partial charge >= 0.3 is 11.9 Å². The molecule has 1 rings (SSSR count). The van der Waals surface area contributed by atoms with Crippen molar-refractivity contribution in [2.45, 2.75) is 70.6 Å². The quantitative estimate of drug-likeness (QED) is 0.638. The number of rotatable bonds is 9. The molecular formula is C16H31NO4. The molecule has 0 spiro atoms. The van der Waals surface area contributed by atoms with Gasteiger partial charge < -0.3 is 15.1 Å². The molecule has 1 saturated heterocycles. The van der Waals surface area contributed by atoms with E-state index in [-0.39, 0.29) is 12.8 Å². The molecule has 0 bridgehead atoms. The Morgan fingerprint density at radius 1 is 0.762 bits per heavy atom. The fraction of sp³-hybridized carbons (Fsp3) is 0.875. The van der Waals surface area contributed by atoms with Gasteiger partial charge in [-0.1, -0.05) is 32.1 Å². The Balaban J connectivity index is 0.000000471. The van der Waals surface area contributed by atoms with Crippen LogP contribution in [-0.4, -0.2) is 47.2 Å². The van der Waals surface area contributed by atoms with Crippen molar-refractivity contribution in [2.75, 3.05) is 20.1 Å². The summed E-state index contributed by atoms with van der Waals surface area (Å²) >= 11 is 0. The number of carboxylic acids is 2. The van der Waals surface area contributed by atoms with Gasteiger partial charge in [0.1, 0.15) is 0 Å². The first kappa shape index (κ1) is 19.9. The highest BCUT2D eigenvalue weighted by Gasteiger charge is 2.02. The van der Waals surface area contributed by atoms with Crippen molar-refractivity contribution in [3.8, 4) is 0 Å². The number of carboxylic acid groups (broad SMARTS) is 2. The maximum absolute atomic E-state index is 10.1. The van der Waals surface area contributed by atoms with E-state index in [0.29, 0.717) is 0 Å². The van der Waals surface area contributed by atoms with Gasteiger partial charge in [-0.2, -0.15) is 0 Å². The van der Waals surface area contributed by atoms with Crippen LogP contribution in [0.3, 0.4) is 0 Å². The first-order valence-corrected chi connectivity index (χ1v) is 8.14. The summed E-state index contributed by atoms with van der Waals surface area (Å²) in [6.45, 7) is 2.64. The number of nitrogens with zero attached hydrogens (tertiary/aromatic N) is 1. The van der Waals surface area contributed by atoms with Crippen LogP contribution in [-0.2, 0) is 9.59 Å². The van der Waals surface area contributed by atoms with Crippen LogP contribution in [0.25, 0.3) is 0 Å². The van der Waals surface area contributed by atoms with Crippen molar-refractivity contribution in [1.29, 1.82) is 0 Å². The van der Waals surface area contributed by atoms with Gasteiger partial charge in [0.25, 0.3) is 0 Å². The zero-order chi connectivity index (χ0) is 15.9. The number of hydrogen-bond donors (Lipinski definition) is 2. The van der Waals surface area contributed by atoms with Crippen LogP contribution in [0.15, 0.2) is 0 Å². The summed E-state index contributed by atoms with van der Waals surface area (Å²) < 4.78 is 0. The van der Waals surface area contributed by atoms with Crippen molar-refractivity contribution < 1.29 is 19.8 Å². The highest BCUT2D eigenvalue weighted by molar-refractivity contribution is 5.66. The van der Waals surface area contributed by atoms with Crippen LogP contribution in [0.4, 0.5) is 0 Å². The molecule has 0 radical (unpaired) electrons. The van der Waals surface area contributed by atoms with E-state index in [1.807, 2.05) is 0 Å². The smallest absolute Gasteiger partial charge is 0.303 e. The molecule has 5 heteroatoms. The number of unbranched alkanes of at least 4 members (excludes halogenated alkanes) is 5. The molecule has 0 aromatic carbocycles. The van der Waals surface area contributed by atoms with Gasteiger partial charge in [0.2, 0.25) is 0 Å². The molecule has 0 atom stereocenters. The molecule has 1 fully saturated rings. The average molecular weight is 301 g/mol. The maximum atomic E-state index is 10.1. The summed E-state index contributed by atoms with van der Waals surface area (Å²) in [7, 11) is 2.19. The zero-order valence-electron chi connectivity index (χ0n) is 13.4. The lowest BCUT2D eigenvalue weighted by molar-refractivity contribution is -0.138. The third kappa shape index (κ3) is 16.8. The second kappa shape index (κ2) is 13.9. The van der Waals surface area contributed by atoms with Gasteiger partial charge in [-0.15, -0.1) is 0 Å². The molecule has 1 aliphatic heterocycles. The van der Waals surface area contributed by atoms with E-state index in [9.17, 15) is 9.59 Å². The van der Waals surface area contributed by atoms with Crippen molar-refractivity contribution in [1.82, 2.24) is 4.90 Å². The fourth-order valence-corrected chi connectivity index (χ4v) is 2.31. The maximum Gasteiger partial charge on any atom is 0.303 e. The lowest BCUT2D eigenvalue weighted by atomic mass is 10.1. The molecule has 0 aliphatic carbocycles. The predicted octanol–water partition coefficient (Wildman–Crippen LogP) is 3.38. The van der Waals surface area contributed by atoms with Crippen LogP contribution in [0.2, 0.25) is 0 Å².